The number of amides is 1. The maximum absolute atomic E-state index is 13.3. The van der Waals surface area contributed by atoms with Crippen LogP contribution in [0.25, 0.3) is 0 Å². The number of halogens is 1. The van der Waals surface area contributed by atoms with Gasteiger partial charge in [-0.05, 0) is 67.6 Å². The third-order valence-electron chi connectivity index (χ3n) is 7.15. The average molecular weight is 585 g/mol. The van der Waals surface area contributed by atoms with Gasteiger partial charge in [-0.2, -0.15) is 9.29 Å². The number of ether oxygens (including phenoxy) is 1. The van der Waals surface area contributed by atoms with Gasteiger partial charge in [-0.1, -0.05) is 12.1 Å². The summed E-state index contributed by atoms with van der Waals surface area (Å²) in [5.74, 6) is -0.149. The van der Waals surface area contributed by atoms with Crippen LogP contribution in [0, 0.1) is 5.82 Å². The summed E-state index contributed by atoms with van der Waals surface area (Å²) in [6, 6.07) is 12.1. The van der Waals surface area contributed by atoms with Crippen molar-refractivity contribution in [1.82, 2.24) is 14.3 Å². The highest BCUT2D eigenvalue weighted by molar-refractivity contribution is 7.89. The van der Waals surface area contributed by atoms with Crippen LogP contribution in [0.5, 0.6) is 0 Å². The Morgan fingerprint density at radius 1 is 1.02 bits per heavy atom. The quantitative estimate of drug-likeness (QED) is 0.298. The minimum absolute atomic E-state index is 0.0227. The zero-order valence-corrected chi connectivity index (χ0v) is 23.2. The second-order valence-electron chi connectivity index (χ2n) is 10.1. The molecule has 0 unspecified atom stereocenters. The molecule has 1 aromatic heterocycles. The van der Waals surface area contributed by atoms with Crippen LogP contribution >= 0.6 is 0 Å². The van der Waals surface area contributed by atoms with E-state index in [9.17, 15) is 22.7 Å². The molecule has 4 N–H and O–H groups in total. The summed E-state index contributed by atoms with van der Waals surface area (Å²) in [4.78, 5) is 22.3. The van der Waals surface area contributed by atoms with Gasteiger partial charge in [-0.25, -0.2) is 17.8 Å². The van der Waals surface area contributed by atoms with E-state index >= 15 is 0 Å². The smallest absolute Gasteiger partial charge is 0.260 e. The number of morpholine rings is 1. The van der Waals surface area contributed by atoms with Crippen molar-refractivity contribution in [3.05, 3.63) is 71.7 Å². The van der Waals surface area contributed by atoms with Gasteiger partial charge in [0.2, 0.25) is 16.0 Å². The Hall–Kier alpha value is -3.65. The second kappa shape index (κ2) is 12.9. The van der Waals surface area contributed by atoms with E-state index in [0.29, 0.717) is 63.1 Å². The van der Waals surface area contributed by atoms with Crippen LogP contribution in [0.2, 0.25) is 0 Å². The van der Waals surface area contributed by atoms with Crippen molar-refractivity contribution >= 4 is 33.4 Å². The summed E-state index contributed by atoms with van der Waals surface area (Å²) in [7, 11) is -3.65. The highest BCUT2D eigenvalue weighted by atomic mass is 32.2. The predicted octanol–water partition coefficient (Wildman–Crippen LogP) is 3.22. The zero-order valence-electron chi connectivity index (χ0n) is 22.4. The van der Waals surface area contributed by atoms with Crippen LogP contribution in [-0.4, -0.2) is 72.2 Å². The molecule has 5 rings (SSSR count). The van der Waals surface area contributed by atoms with Crippen LogP contribution in [0.3, 0.4) is 0 Å². The highest BCUT2D eigenvalue weighted by Crippen LogP contribution is 2.25. The van der Waals surface area contributed by atoms with E-state index in [0.717, 1.165) is 18.4 Å². The number of nitrogens with zero attached hydrogens (tertiary/aromatic N) is 3. The molecular formula is C28H33FN6O5S. The van der Waals surface area contributed by atoms with Gasteiger partial charge in [-0.15, -0.1) is 0 Å². The maximum Gasteiger partial charge on any atom is 0.260 e. The van der Waals surface area contributed by atoms with E-state index < -0.39 is 15.9 Å². The number of aromatic nitrogens is 2. The Labute approximate surface area is 238 Å². The van der Waals surface area contributed by atoms with Gasteiger partial charge in [0.25, 0.3) is 5.91 Å². The van der Waals surface area contributed by atoms with Crippen LogP contribution in [0.4, 0.5) is 21.8 Å². The van der Waals surface area contributed by atoms with Crippen LogP contribution < -0.4 is 16.0 Å². The molecular weight excluding hydrogens is 551 g/mol. The fourth-order valence-corrected chi connectivity index (χ4v) is 6.19. The average Bonchev–Trinajstić information content (AvgIpc) is 2.99. The molecule has 1 aliphatic heterocycles. The molecule has 41 heavy (non-hydrogen) atoms. The van der Waals surface area contributed by atoms with Gasteiger partial charge in [0.15, 0.2) is 0 Å². The first-order valence-electron chi connectivity index (χ1n) is 13.6. The van der Waals surface area contributed by atoms with Crippen molar-refractivity contribution in [3.8, 4) is 0 Å². The summed E-state index contributed by atoms with van der Waals surface area (Å²) >= 11 is 0. The number of carbonyl (C=O) groups excluding carboxylic acids is 1. The molecule has 0 spiro atoms. The van der Waals surface area contributed by atoms with E-state index in [4.69, 9.17) is 4.74 Å². The van der Waals surface area contributed by atoms with E-state index in [-0.39, 0.29) is 28.4 Å². The first-order valence-corrected chi connectivity index (χ1v) is 15.0. The molecule has 0 radical (unpaired) electrons. The van der Waals surface area contributed by atoms with Crippen LogP contribution in [-0.2, 0) is 21.3 Å². The lowest BCUT2D eigenvalue weighted by atomic mass is 9.93. The monoisotopic (exact) mass is 584 g/mol. The van der Waals surface area contributed by atoms with Crippen molar-refractivity contribution < 1.29 is 27.4 Å². The first-order chi connectivity index (χ1) is 19.8. The Morgan fingerprint density at radius 2 is 1.71 bits per heavy atom. The number of benzene rings is 2. The lowest BCUT2D eigenvalue weighted by molar-refractivity contribution is 0.0730. The summed E-state index contributed by atoms with van der Waals surface area (Å²) in [5.41, 5.74) is 1.47. The number of rotatable bonds is 9. The van der Waals surface area contributed by atoms with Crippen LogP contribution in [0.15, 0.2) is 59.6 Å². The molecule has 2 aliphatic rings. The third kappa shape index (κ3) is 7.36. The maximum atomic E-state index is 13.3. The molecule has 0 bridgehead atoms. The van der Waals surface area contributed by atoms with E-state index in [1.54, 1.807) is 24.3 Å². The van der Waals surface area contributed by atoms with Gasteiger partial charge in [0, 0.05) is 37.6 Å². The lowest BCUT2D eigenvalue weighted by Crippen LogP contribution is -2.40. The van der Waals surface area contributed by atoms with Gasteiger partial charge in [0.05, 0.1) is 24.2 Å². The molecule has 1 saturated carbocycles. The summed E-state index contributed by atoms with van der Waals surface area (Å²) in [6.45, 7) is 1.67. The number of hydrogen-bond acceptors (Lipinski definition) is 9. The number of aliphatic hydroxyl groups is 1. The Balaban J connectivity index is 1.31. The van der Waals surface area contributed by atoms with Gasteiger partial charge in [-0.3, -0.25) is 4.79 Å². The second-order valence-corrected chi connectivity index (χ2v) is 12.0. The predicted molar refractivity (Wildman–Crippen MR) is 152 cm³/mol. The van der Waals surface area contributed by atoms with Crippen molar-refractivity contribution in [2.45, 2.75) is 49.3 Å². The van der Waals surface area contributed by atoms with Crippen molar-refractivity contribution in [2.24, 2.45) is 0 Å². The number of hydrogen-bond donors (Lipinski definition) is 4. The van der Waals surface area contributed by atoms with Crippen LogP contribution in [0.1, 0.15) is 41.6 Å². The molecule has 2 heterocycles. The molecule has 1 amide bonds. The number of sulfonamides is 1. The molecule has 0 atom stereocenters. The first kappa shape index (κ1) is 28.9. The highest BCUT2D eigenvalue weighted by Gasteiger charge is 2.27. The topological polar surface area (TPSA) is 146 Å². The lowest BCUT2D eigenvalue weighted by Gasteiger charge is -2.27. The van der Waals surface area contributed by atoms with Crippen molar-refractivity contribution in [1.29, 1.82) is 0 Å². The number of nitrogens with one attached hydrogen (secondary N) is 3. The number of carbonyl (C=O) groups is 1. The van der Waals surface area contributed by atoms with E-state index in [2.05, 4.69) is 25.9 Å². The molecule has 2 aromatic carbocycles. The zero-order chi connectivity index (χ0) is 28.8. The number of anilines is 3. The fraction of sp³-hybridized carbons (Fsp3) is 0.393. The summed E-state index contributed by atoms with van der Waals surface area (Å²) in [6.07, 6.45) is 3.85. The van der Waals surface area contributed by atoms with E-state index in [1.165, 1.54) is 34.8 Å². The van der Waals surface area contributed by atoms with E-state index in [1.807, 2.05) is 0 Å². The molecule has 1 aliphatic carbocycles. The third-order valence-corrected chi connectivity index (χ3v) is 9.07. The Morgan fingerprint density at radius 3 is 2.39 bits per heavy atom. The van der Waals surface area contributed by atoms with Gasteiger partial charge < -0.3 is 25.8 Å². The minimum atomic E-state index is -3.65. The van der Waals surface area contributed by atoms with Gasteiger partial charge >= 0.3 is 0 Å². The Bertz CT molecular complexity index is 1440. The fourth-order valence-electron chi connectivity index (χ4n) is 4.78. The van der Waals surface area contributed by atoms with Crippen molar-refractivity contribution in [3.63, 3.8) is 0 Å². The SMILES string of the molecule is O=C(Nc1ccc(S(=O)(=O)N2CCOCC2)cc1)c1cnc(NCc2ccc(F)cc2)nc1NC1CCC(O)CC1. The summed E-state index contributed by atoms with van der Waals surface area (Å²) < 4.78 is 45.7. The molecule has 3 aromatic rings. The normalized spacial score (nSPS) is 19.9. The summed E-state index contributed by atoms with van der Waals surface area (Å²) in [5, 5.41) is 19.1. The molecule has 1 saturated heterocycles. The largest absolute Gasteiger partial charge is 0.393 e. The minimum Gasteiger partial charge on any atom is -0.393 e. The molecule has 2 fully saturated rings. The Kier molecular flexibility index (Phi) is 9.08. The molecule has 218 valence electrons. The molecule has 11 nitrogen and oxygen atoms in total. The van der Waals surface area contributed by atoms with Gasteiger partial charge in [0.1, 0.15) is 17.2 Å². The van der Waals surface area contributed by atoms with Crippen molar-refractivity contribution in [2.75, 3.05) is 42.3 Å². The molecule has 13 heteroatoms. The number of aliphatic hydroxyl groups excluding tert-OH is 1. The standard InChI is InChI=1S/C28H33FN6O5S/c29-20-3-1-19(2-4-20)17-30-28-31-18-25(26(34-28)32-21-5-9-23(36)10-6-21)27(37)33-22-7-11-24(12-8-22)41(38,39)35-13-15-40-16-14-35/h1-4,7-8,11-12,18,21,23,36H,5-6,9-10,13-17H2,(H,33,37)(H2,30,31,32,34).